The van der Waals surface area contributed by atoms with Crippen LogP contribution in [0, 0.1) is 0 Å². The van der Waals surface area contributed by atoms with Gasteiger partial charge in [0, 0.05) is 19.3 Å². The average molecular weight is 528 g/mol. The van der Waals surface area contributed by atoms with E-state index in [9.17, 15) is 29.4 Å². The van der Waals surface area contributed by atoms with Crippen LogP contribution in [0.15, 0.2) is 60.9 Å². The van der Waals surface area contributed by atoms with Gasteiger partial charge in [-0.05, 0) is 48.5 Å². The smallest absolute Gasteiger partial charge is 0.357 e. The van der Waals surface area contributed by atoms with Crippen molar-refractivity contribution in [2.45, 2.75) is 37.6 Å². The number of aliphatic hydroxyl groups is 2. The van der Waals surface area contributed by atoms with E-state index in [0.29, 0.717) is 0 Å². The molecule has 2 aromatic heterocycles. The number of esters is 4. The maximum Gasteiger partial charge on any atom is 0.357 e. The van der Waals surface area contributed by atoms with Crippen LogP contribution in [-0.2, 0) is 23.7 Å². The molecule has 0 unspecified atom stereocenters. The van der Waals surface area contributed by atoms with Crippen molar-refractivity contribution in [3.05, 3.63) is 77.9 Å². The summed E-state index contributed by atoms with van der Waals surface area (Å²) in [6, 6.07) is 11.5. The van der Waals surface area contributed by atoms with Gasteiger partial charge in [-0.15, -0.1) is 0 Å². The Labute approximate surface area is 215 Å². The topological polar surface area (TPSA) is 186 Å². The molecule has 4 N–H and O–H groups in total. The van der Waals surface area contributed by atoms with Crippen molar-refractivity contribution in [1.82, 2.24) is 9.97 Å². The maximum atomic E-state index is 12.5. The molecule has 200 valence electrons. The summed E-state index contributed by atoms with van der Waals surface area (Å²) in [6.07, 6.45) is -5.10. The van der Waals surface area contributed by atoms with Gasteiger partial charge in [-0.25, -0.2) is 14.4 Å². The molecule has 0 saturated carbocycles. The summed E-state index contributed by atoms with van der Waals surface area (Å²) in [7, 11) is 0. The van der Waals surface area contributed by atoms with Crippen LogP contribution >= 0.6 is 0 Å². The third-order valence-corrected chi connectivity index (χ3v) is 5.48. The second-order valence-electron chi connectivity index (χ2n) is 8.18. The zero-order chi connectivity index (χ0) is 27.2. The zero-order valence-corrected chi connectivity index (χ0v) is 19.9. The van der Waals surface area contributed by atoms with Crippen LogP contribution in [0.4, 0.5) is 0 Å². The van der Waals surface area contributed by atoms with Crippen LogP contribution in [0.1, 0.15) is 38.3 Å². The molecule has 1 saturated heterocycles. The van der Waals surface area contributed by atoms with Gasteiger partial charge in [0.2, 0.25) is 6.29 Å². The minimum absolute atomic E-state index is 0.0527. The van der Waals surface area contributed by atoms with Crippen molar-refractivity contribution >= 4 is 23.9 Å². The number of aliphatic hydroxyl groups excluding tert-OH is 2. The molecule has 0 amide bonds. The zero-order valence-electron chi connectivity index (χ0n) is 19.9. The molecular formula is C25H24N2O11. The van der Waals surface area contributed by atoms with Crippen LogP contribution in [0.25, 0.3) is 0 Å². The van der Waals surface area contributed by atoms with Gasteiger partial charge in [-0.3, -0.25) is 4.79 Å². The largest absolute Gasteiger partial charge is 0.459 e. The Morgan fingerprint density at radius 2 is 1.45 bits per heavy atom. The van der Waals surface area contributed by atoms with Crippen molar-refractivity contribution in [3.8, 4) is 5.75 Å². The number of hydrogen-bond donors (Lipinski definition) is 4. The standard InChI is InChI=1S/C25H24N2O11/c1-13(28)35-15-8-6-14(7-9-15)22(31)34-12-18-19(29)20(30)21(37-23(32)16-4-2-10-26-16)25(36-18)38-24(33)17-5-3-11-27-17/h2-11,18-21,25-27,29-30H,12H2,1H3/t18-,19-,20+,21-,25+/m1/s1. The normalized spacial score (nSPS) is 22.8. The number of carbonyl (C=O) groups excluding carboxylic acids is 4. The van der Waals surface area contributed by atoms with Crippen molar-refractivity contribution in [1.29, 1.82) is 0 Å². The predicted octanol–water partition coefficient (Wildman–Crippen LogP) is 0.954. The summed E-state index contributed by atoms with van der Waals surface area (Å²) in [5.41, 5.74) is 0.222. The van der Waals surface area contributed by atoms with Gasteiger partial charge in [-0.1, -0.05) is 0 Å². The fourth-order valence-corrected chi connectivity index (χ4v) is 3.60. The summed E-state index contributed by atoms with van der Waals surface area (Å²) < 4.78 is 26.4. The van der Waals surface area contributed by atoms with E-state index in [2.05, 4.69) is 9.97 Å². The lowest BCUT2D eigenvalue weighted by Gasteiger charge is -2.41. The van der Waals surface area contributed by atoms with Crippen molar-refractivity contribution in [3.63, 3.8) is 0 Å². The highest BCUT2D eigenvalue weighted by Crippen LogP contribution is 2.27. The molecule has 0 spiro atoms. The van der Waals surface area contributed by atoms with Gasteiger partial charge in [0.1, 0.15) is 42.1 Å². The molecule has 1 fully saturated rings. The molecule has 13 heteroatoms. The van der Waals surface area contributed by atoms with Crippen LogP contribution in [0.2, 0.25) is 0 Å². The number of aromatic amines is 2. The Balaban J connectivity index is 1.45. The SMILES string of the molecule is CC(=O)Oc1ccc(C(=O)OC[C@H]2O[C@@H](OC(=O)c3ccc[nH]3)[C@H](OC(=O)c3ccc[nH]3)[C@@H](O)[C@@H]2O)cc1. The molecule has 38 heavy (non-hydrogen) atoms. The van der Waals surface area contributed by atoms with E-state index >= 15 is 0 Å². The monoisotopic (exact) mass is 528 g/mol. The van der Waals surface area contributed by atoms with E-state index in [0.717, 1.165) is 0 Å². The highest BCUT2D eigenvalue weighted by Gasteiger charge is 2.49. The van der Waals surface area contributed by atoms with Crippen molar-refractivity contribution in [2.24, 2.45) is 0 Å². The lowest BCUT2D eigenvalue weighted by molar-refractivity contribution is -0.284. The summed E-state index contributed by atoms with van der Waals surface area (Å²) in [6.45, 7) is 0.691. The van der Waals surface area contributed by atoms with E-state index < -0.39 is 61.2 Å². The average Bonchev–Trinajstić information content (AvgIpc) is 3.62. The van der Waals surface area contributed by atoms with Gasteiger partial charge in [0.25, 0.3) is 0 Å². The second kappa shape index (κ2) is 11.7. The highest BCUT2D eigenvalue weighted by atomic mass is 16.7. The second-order valence-corrected chi connectivity index (χ2v) is 8.18. The van der Waals surface area contributed by atoms with Gasteiger partial charge in [0.05, 0.1) is 5.56 Å². The van der Waals surface area contributed by atoms with E-state index in [-0.39, 0.29) is 22.7 Å². The number of hydrogen-bond acceptors (Lipinski definition) is 11. The quantitative estimate of drug-likeness (QED) is 0.185. The number of benzene rings is 1. The Morgan fingerprint density at radius 3 is 2.00 bits per heavy atom. The number of ether oxygens (including phenoxy) is 5. The molecule has 3 aromatic rings. The van der Waals surface area contributed by atoms with Gasteiger partial charge >= 0.3 is 23.9 Å². The molecule has 1 aliphatic heterocycles. The molecule has 0 radical (unpaired) electrons. The lowest BCUT2D eigenvalue weighted by atomic mass is 9.99. The molecule has 0 bridgehead atoms. The third kappa shape index (κ3) is 6.26. The molecule has 5 atom stereocenters. The number of nitrogens with one attached hydrogen (secondary N) is 2. The fraction of sp³-hybridized carbons (Fsp3) is 0.280. The lowest BCUT2D eigenvalue weighted by Crippen LogP contribution is -2.61. The molecule has 1 aliphatic rings. The van der Waals surface area contributed by atoms with Gasteiger partial charge in [0.15, 0.2) is 6.10 Å². The first-order chi connectivity index (χ1) is 18.2. The first kappa shape index (κ1) is 26.6. The maximum absolute atomic E-state index is 12.5. The Hall–Kier alpha value is -4.46. The van der Waals surface area contributed by atoms with Gasteiger partial charge < -0.3 is 43.9 Å². The fourth-order valence-electron chi connectivity index (χ4n) is 3.60. The molecule has 4 rings (SSSR count). The first-order valence-corrected chi connectivity index (χ1v) is 11.4. The summed E-state index contributed by atoms with van der Waals surface area (Å²) in [5, 5.41) is 21.4. The molecular weight excluding hydrogens is 504 g/mol. The molecule has 0 aliphatic carbocycles. The highest BCUT2D eigenvalue weighted by molar-refractivity contribution is 5.90. The summed E-state index contributed by atoms with van der Waals surface area (Å²) >= 11 is 0. The van der Waals surface area contributed by atoms with E-state index in [1.165, 1.54) is 55.7 Å². The van der Waals surface area contributed by atoms with Crippen LogP contribution in [0.3, 0.4) is 0 Å². The van der Waals surface area contributed by atoms with Gasteiger partial charge in [-0.2, -0.15) is 0 Å². The summed E-state index contributed by atoms with van der Waals surface area (Å²) in [5.74, 6) is -2.86. The minimum Gasteiger partial charge on any atom is -0.459 e. The van der Waals surface area contributed by atoms with E-state index in [1.807, 2.05) is 0 Å². The Bertz CT molecular complexity index is 1250. The Kier molecular flexibility index (Phi) is 8.21. The molecule has 13 nitrogen and oxygen atoms in total. The predicted molar refractivity (Wildman–Crippen MR) is 125 cm³/mol. The molecule has 3 heterocycles. The van der Waals surface area contributed by atoms with Crippen molar-refractivity contribution in [2.75, 3.05) is 6.61 Å². The van der Waals surface area contributed by atoms with Crippen molar-refractivity contribution < 1.29 is 53.1 Å². The van der Waals surface area contributed by atoms with Crippen LogP contribution in [0.5, 0.6) is 5.75 Å². The van der Waals surface area contributed by atoms with E-state index in [4.69, 9.17) is 23.7 Å². The van der Waals surface area contributed by atoms with Crippen LogP contribution in [-0.4, -0.2) is 81.4 Å². The minimum atomic E-state index is -1.77. The number of aromatic nitrogens is 2. The summed E-state index contributed by atoms with van der Waals surface area (Å²) in [4.78, 5) is 53.8. The third-order valence-electron chi connectivity index (χ3n) is 5.48. The van der Waals surface area contributed by atoms with Crippen LogP contribution < -0.4 is 4.74 Å². The number of rotatable bonds is 8. The number of H-pyrrole nitrogens is 2. The Morgan fingerprint density at radius 1 is 0.842 bits per heavy atom. The number of carbonyl (C=O) groups is 4. The van der Waals surface area contributed by atoms with E-state index in [1.54, 1.807) is 12.1 Å². The first-order valence-electron chi connectivity index (χ1n) is 11.4. The molecule has 1 aromatic carbocycles.